The fourth-order valence-corrected chi connectivity index (χ4v) is 2.77. The van der Waals surface area contributed by atoms with Gasteiger partial charge in [-0.1, -0.05) is 26.0 Å². The summed E-state index contributed by atoms with van der Waals surface area (Å²) in [6.07, 6.45) is 0. The van der Waals surface area contributed by atoms with Gasteiger partial charge in [-0.05, 0) is 66.2 Å². The first-order chi connectivity index (χ1) is 15.3. The minimum Gasteiger partial charge on any atom is -0.457 e. The van der Waals surface area contributed by atoms with Gasteiger partial charge in [0.1, 0.15) is 11.5 Å². The van der Waals surface area contributed by atoms with E-state index >= 15 is 0 Å². The molecular formula is C25H25N3O4. The van der Waals surface area contributed by atoms with E-state index in [1.54, 1.807) is 48.5 Å². The third-order valence-corrected chi connectivity index (χ3v) is 4.69. The van der Waals surface area contributed by atoms with Crippen LogP contribution in [-0.4, -0.2) is 17.7 Å². The molecular weight excluding hydrogens is 406 g/mol. The van der Waals surface area contributed by atoms with Crippen molar-refractivity contribution in [2.75, 3.05) is 5.32 Å². The zero-order chi connectivity index (χ0) is 23.1. The molecule has 0 unspecified atom stereocenters. The highest BCUT2D eigenvalue weighted by atomic mass is 16.5. The lowest BCUT2D eigenvalue weighted by Gasteiger charge is -2.10. The predicted molar refractivity (Wildman–Crippen MR) is 123 cm³/mol. The summed E-state index contributed by atoms with van der Waals surface area (Å²) < 4.78 is 5.72. The summed E-state index contributed by atoms with van der Waals surface area (Å²) in [5, 5.41) is 5.70. The van der Waals surface area contributed by atoms with Gasteiger partial charge >= 0.3 is 0 Å². The molecule has 0 atom stereocenters. The first kappa shape index (κ1) is 22.6. The maximum atomic E-state index is 12.4. The monoisotopic (exact) mass is 431 g/mol. The molecule has 0 aromatic heterocycles. The van der Waals surface area contributed by atoms with Gasteiger partial charge in [0.25, 0.3) is 5.91 Å². The second-order valence-electron chi connectivity index (χ2n) is 7.54. The van der Waals surface area contributed by atoms with Gasteiger partial charge in [-0.3, -0.25) is 14.4 Å². The van der Waals surface area contributed by atoms with Gasteiger partial charge in [0.2, 0.25) is 11.8 Å². The van der Waals surface area contributed by atoms with E-state index in [2.05, 4.69) is 10.6 Å². The normalized spacial score (nSPS) is 10.5. The molecule has 0 heterocycles. The average molecular weight is 431 g/mol. The number of rotatable bonds is 8. The van der Waals surface area contributed by atoms with E-state index in [0.717, 1.165) is 11.3 Å². The predicted octanol–water partition coefficient (Wildman–Crippen LogP) is 4.10. The molecule has 0 bridgehead atoms. The molecule has 0 aliphatic rings. The highest BCUT2D eigenvalue weighted by Crippen LogP contribution is 2.22. The Morgan fingerprint density at radius 3 is 1.84 bits per heavy atom. The molecule has 7 heteroatoms. The molecule has 0 spiro atoms. The molecule has 3 rings (SSSR count). The number of carbonyl (C=O) groups is 3. The minimum absolute atomic E-state index is 0.0406. The molecule has 164 valence electrons. The molecule has 0 fully saturated rings. The first-order valence-electron chi connectivity index (χ1n) is 10.2. The van der Waals surface area contributed by atoms with Crippen molar-refractivity contribution >= 4 is 23.4 Å². The maximum absolute atomic E-state index is 12.4. The second kappa shape index (κ2) is 10.3. The van der Waals surface area contributed by atoms with E-state index in [9.17, 15) is 14.4 Å². The number of benzene rings is 3. The van der Waals surface area contributed by atoms with Crippen LogP contribution in [0.4, 0.5) is 5.69 Å². The Kier molecular flexibility index (Phi) is 7.23. The fourth-order valence-electron chi connectivity index (χ4n) is 2.77. The standard InChI is InChI=1S/C25H25N3O4/c1-16(2)24(30)28-20-9-3-17(4-10-20)15-27-25(31)19-7-13-22(14-8-19)32-21-11-5-18(6-12-21)23(26)29/h3-14,16H,15H2,1-2H3,(H2,26,29)(H,27,31)(H,28,30). The Morgan fingerprint density at radius 1 is 0.812 bits per heavy atom. The van der Waals surface area contributed by atoms with Gasteiger partial charge < -0.3 is 21.1 Å². The molecule has 0 aliphatic carbocycles. The molecule has 7 nitrogen and oxygen atoms in total. The van der Waals surface area contributed by atoms with Crippen molar-refractivity contribution in [1.82, 2.24) is 5.32 Å². The molecule has 0 saturated carbocycles. The van der Waals surface area contributed by atoms with Crippen molar-refractivity contribution < 1.29 is 19.1 Å². The van der Waals surface area contributed by atoms with Gasteiger partial charge in [0.05, 0.1) is 0 Å². The quantitative estimate of drug-likeness (QED) is 0.499. The SMILES string of the molecule is CC(C)C(=O)Nc1ccc(CNC(=O)c2ccc(Oc3ccc(C(N)=O)cc3)cc2)cc1. The van der Waals surface area contributed by atoms with Crippen molar-refractivity contribution in [3.63, 3.8) is 0 Å². The van der Waals surface area contributed by atoms with Crippen LogP contribution in [0.1, 0.15) is 40.1 Å². The van der Waals surface area contributed by atoms with E-state index in [1.165, 1.54) is 0 Å². The van der Waals surface area contributed by atoms with Crippen molar-refractivity contribution in [3.05, 3.63) is 89.5 Å². The van der Waals surface area contributed by atoms with E-state index in [-0.39, 0.29) is 17.7 Å². The van der Waals surface area contributed by atoms with Crippen LogP contribution < -0.4 is 21.1 Å². The zero-order valence-corrected chi connectivity index (χ0v) is 17.9. The number of amides is 3. The largest absolute Gasteiger partial charge is 0.457 e. The van der Waals surface area contributed by atoms with Crippen LogP contribution in [0.5, 0.6) is 11.5 Å². The molecule has 4 N–H and O–H groups in total. The van der Waals surface area contributed by atoms with Crippen LogP contribution in [0.25, 0.3) is 0 Å². The van der Waals surface area contributed by atoms with Crippen LogP contribution in [-0.2, 0) is 11.3 Å². The van der Waals surface area contributed by atoms with E-state index in [1.807, 2.05) is 38.1 Å². The van der Waals surface area contributed by atoms with Crippen LogP contribution in [0, 0.1) is 5.92 Å². The van der Waals surface area contributed by atoms with Gasteiger partial charge in [0.15, 0.2) is 0 Å². The number of ether oxygens (including phenoxy) is 1. The van der Waals surface area contributed by atoms with Crippen molar-refractivity contribution in [2.24, 2.45) is 11.7 Å². The minimum atomic E-state index is -0.499. The number of primary amides is 1. The molecule has 0 saturated heterocycles. The molecule has 3 aromatic carbocycles. The van der Waals surface area contributed by atoms with E-state index < -0.39 is 5.91 Å². The number of nitrogens with one attached hydrogen (secondary N) is 2. The summed E-state index contributed by atoms with van der Waals surface area (Å²) in [7, 11) is 0. The average Bonchev–Trinajstić information content (AvgIpc) is 2.79. The number of hydrogen-bond acceptors (Lipinski definition) is 4. The van der Waals surface area contributed by atoms with Gasteiger partial charge in [-0.2, -0.15) is 0 Å². The summed E-state index contributed by atoms with van der Waals surface area (Å²) >= 11 is 0. The summed E-state index contributed by atoms with van der Waals surface area (Å²) in [6, 6.07) is 20.6. The summed E-state index contributed by atoms with van der Waals surface area (Å²) in [6.45, 7) is 4.03. The summed E-state index contributed by atoms with van der Waals surface area (Å²) in [5.41, 5.74) is 7.77. The van der Waals surface area contributed by atoms with Crippen LogP contribution in [0.2, 0.25) is 0 Å². The van der Waals surface area contributed by atoms with E-state index in [0.29, 0.717) is 29.2 Å². The van der Waals surface area contributed by atoms with E-state index in [4.69, 9.17) is 10.5 Å². The molecule has 3 aromatic rings. The number of carbonyl (C=O) groups excluding carboxylic acids is 3. The summed E-state index contributed by atoms with van der Waals surface area (Å²) in [5.74, 6) is 0.280. The molecule has 32 heavy (non-hydrogen) atoms. The van der Waals surface area contributed by atoms with Gasteiger partial charge in [0, 0.05) is 29.3 Å². The van der Waals surface area contributed by atoms with Crippen molar-refractivity contribution in [2.45, 2.75) is 20.4 Å². The third kappa shape index (κ3) is 6.18. The number of hydrogen-bond donors (Lipinski definition) is 3. The lowest BCUT2D eigenvalue weighted by Crippen LogP contribution is -2.22. The Bertz CT molecular complexity index is 1090. The maximum Gasteiger partial charge on any atom is 0.251 e. The number of anilines is 1. The Morgan fingerprint density at radius 2 is 1.34 bits per heavy atom. The van der Waals surface area contributed by atoms with Gasteiger partial charge in [-0.25, -0.2) is 0 Å². The topological polar surface area (TPSA) is 111 Å². The van der Waals surface area contributed by atoms with Crippen LogP contribution in [0.3, 0.4) is 0 Å². The van der Waals surface area contributed by atoms with Crippen LogP contribution in [0.15, 0.2) is 72.8 Å². The van der Waals surface area contributed by atoms with Crippen molar-refractivity contribution in [1.29, 1.82) is 0 Å². The molecule has 0 radical (unpaired) electrons. The highest BCUT2D eigenvalue weighted by molar-refractivity contribution is 5.94. The first-order valence-corrected chi connectivity index (χ1v) is 10.2. The molecule has 0 aliphatic heterocycles. The zero-order valence-electron chi connectivity index (χ0n) is 17.9. The second-order valence-corrected chi connectivity index (χ2v) is 7.54. The fraction of sp³-hybridized carbons (Fsp3) is 0.160. The van der Waals surface area contributed by atoms with Gasteiger partial charge in [-0.15, -0.1) is 0 Å². The Balaban J connectivity index is 1.52. The lowest BCUT2D eigenvalue weighted by molar-refractivity contribution is -0.118. The van der Waals surface area contributed by atoms with Crippen molar-refractivity contribution in [3.8, 4) is 11.5 Å². The number of nitrogens with two attached hydrogens (primary N) is 1. The summed E-state index contributed by atoms with van der Waals surface area (Å²) in [4.78, 5) is 35.3. The van der Waals surface area contributed by atoms with Crippen LogP contribution >= 0.6 is 0 Å². The Hall–Kier alpha value is -4.13. The third-order valence-electron chi connectivity index (χ3n) is 4.69. The Labute approximate surface area is 186 Å². The lowest BCUT2D eigenvalue weighted by atomic mass is 10.1. The molecule has 3 amide bonds. The smallest absolute Gasteiger partial charge is 0.251 e. The highest BCUT2D eigenvalue weighted by Gasteiger charge is 2.08.